The van der Waals surface area contributed by atoms with Crippen LogP contribution in [0, 0.1) is 17.8 Å². The quantitative estimate of drug-likeness (QED) is 0.869. The molecule has 5 nitrogen and oxygen atoms in total. The molecule has 3 unspecified atom stereocenters. The zero-order valence-corrected chi connectivity index (χ0v) is 12.0. The summed E-state index contributed by atoms with van der Waals surface area (Å²) in [6, 6.07) is 0. The first-order valence-corrected chi connectivity index (χ1v) is 7.64. The van der Waals surface area contributed by atoms with Gasteiger partial charge in [-0.3, -0.25) is 4.79 Å². The lowest BCUT2D eigenvalue weighted by molar-refractivity contribution is -0.117. The van der Waals surface area contributed by atoms with Crippen LogP contribution in [0.4, 0.5) is 5.69 Å². The van der Waals surface area contributed by atoms with Gasteiger partial charge < -0.3 is 10.1 Å². The Morgan fingerprint density at radius 1 is 1.50 bits per heavy atom. The highest BCUT2D eigenvalue weighted by Gasteiger charge is 2.40. The van der Waals surface area contributed by atoms with Gasteiger partial charge in [0.2, 0.25) is 5.91 Å². The smallest absolute Gasteiger partial charge is 0.224 e. The van der Waals surface area contributed by atoms with Gasteiger partial charge in [0.05, 0.1) is 18.1 Å². The Kier molecular flexibility index (Phi) is 4.05. The zero-order chi connectivity index (χ0) is 13.9. The van der Waals surface area contributed by atoms with Crippen molar-refractivity contribution in [3.8, 4) is 0 Å². The van der Waals surface area contributed by atoms with Gasteiger partial charge in [-0.25, -0.2) is 4.68 Å². The van der Waals surface area contributed by atoms with Gasteiger partial charge in [0, 0.05) is 13.0 Å². The molecule has 2 saturated carbocycles. The average Bonchev–Trinajstić information content (AvgIpc) is 3.12. The molecule has 20 heavy (non-hydrogen) atoms. The highest BCUT2D eigenvalue weighted by atomic mass is 16.5. The summed E-state index contributed by atoms with van der Waals surface area (Å²) in [5, 5.41) is 7.10. The molecule has 1 amide bonds. The van der Waals surface area contributed by atoms with E-state index < -0.39 is 0 Å². The minimum atomic E-state index is 0.124. The first-order valence-electron chi connectivity index (χ1n) is 7.64. The zero-order valence-electron chi connectivity index (χ0n) is 12.0. The number of nitrogens with zero attached hydrogens (tertiary/aromatic N) is 2. The number of aromatic nitrogens is 2. The number of nitrogens with one attached hydrogen (secondary N) is 1. The number of rotatable bonds is 6. The van der Waals surface area contributed by atoms with E-state index in [0.29, 0.717) is 25.7 Å². The molecular weight excluding hydrogens is 254 g/mol. The average molecular weight is 277 g/mol. The van der Waals surface area contributed by atoms with Crippen LogP contribution < -0.4 is 5.32 Å². The number of carbonyl (C=O) groups excluding carboxylic acids is 1. The number of ether oxygens (including phenoxy) is 1. The second-order valence-corrected chi connectivity index (χ2v) is 6.08. The first-order chi connectivity index (χ1) is 9.74. The topological polar surface area (TPSA) is 56.1 Å². The Balaban J connectivity index is 1.47. The largest absolute Gasteiger partial charge is 0.360 e. The SMILES string of the molecule is CCOCn1cc(NC(=O)CC2CC3CCC2C3)cn1. The fraction of sp³-hybridized carbons (Fsp3) is 0.733. The summed E-state index contributed by atoms with van der Waals surface area (Å²) >= 11 is 0. The summed E-state index contributed by atoms with van der Waals surface area (Å²) in [7, 11) is 0. The van der Waals surface area contributed by atoms with Crippen LogP contribution in [0.1, 0.15) is 39.0 Å². The fourth-order valence-electron chi connectivity index (χ4n) is 3.76. The Bertz CT molecular complexity index is 471. The highest BCUT2D eigenvalue weighted by Crippen LogP contribution is 2.49. The Labute approximate surface area is 119 Å². The molecule has 1 N–H and O–H groups in total. The number of fused-ring (bicyclic) bond motifs is 2. The van der Waals surface area contributed by atoms with E-state index in [1.807, 2.05) is 13.1 Å². The molecule has 2 aliphatic rings. The molecule has 1 heterocycles. The van der Waals surface area contributed by atoms with Crippen molar-refractivity contribution in [3.63, 3.8) is 0 Å². The number of carbonyl (C=O) groups is 1. The summed E-state index contributed by atoms with van der Waals surface area (Å²) in [4.78, 5) is 12.1. The molecule has 0 saturated heterocycles. The third-order valence-electron chi connectivity index (χ3n) is 4.68. The standard InChI is InChI=1S/C15H23N3O2/c1-2-20-10-18-9-14(8-16-18)17-15(19)7-13-6-11-3-4-12(13)5-11/h8-9,11-13H,2-7,10H2,1H3,(H,17,19). The fourth-order valence-corrected chi connectivity index (χ4v) is 3.76. The van der Waals surface area contributed by atoms with E-state index in [0.717, 1.165) is 17.5 Å². The van der Waals surface area contributed by atoms with Crippen LogP contribution in [0.5, 0.6) is 0 Å². The lowest BCUT2D eigenvalue weighted by Crippen LogP contribution is -2.20. The van der Waals surface area contributed by atoms with Crippen LogP contribution in [0.25, 0.3) is 0 Å². The van der Waals surface area contributed by atoms with E-state index in [1.54, 1.807) is 10.9 Å². The summed E-state index contributed by atoms with van der Waals surface area (Å²) in [5.74, 6) is 2.42. The molecule has 0 aromatic carbocycles. The van der Waals surface area contributed by atoms with E-state index in [4.69, 9.17) is 4.74 Å². The van der Waals surface area contributed by atoms with Gasteiger partial charge in [0.15, 0.2) is 0 Å². The number of hydrogen-bond acceptors (Lipinski definition) is 3. The monoisotopic (exact) mass is 277 g/mol. The predicted molar refractivity (Wildman–Crippen MR) is 76.0 cm³/mol. The molecule has 110 valence electrons. The maximum atomic E-state index is 12.1. The summed E-state index contributed by atoms with van der Waals surface area (Å²) in [6.07, 6.45) is 9.47. The molecule has 1 aromatic rings. The minimum absolute atomic E-state index is 0.124. The van der Waals surface area contributed by atoms with Crippen molar-refractivity contribution < 1.29 is 9.53 Å². The molecule has 0 aliphatic heterocycles. The van der Waals surface area contributed by atoms with Crippen molar-refractivity contribution in [1.29, 1.82) is 0 Å². The molecule has 5 heteroatoms. The third-order valence-corrected chi connectivity index (χ3v) is 4.68. The summed E-state index contributed by atoms with van der Waals surface area (Å²) < 4.78 is 6.96. The lowest BCUT2D eigenvalue weighted by Gasteiger charge is -2.20. The van der Waals surface area contributed by atoms with Gasteiger partial charge in [-0.1, -0.05) is 6.42 Å². The van der Waals surface area contributed by atoms with Crippen LogP contribution in [0.15, 0.2) is 12.4 Å². The number of hydrogen-bond donors (Lipinski definition) is 1. The Hall–Kier alpha value is -1.36. The van der Waals surface area contributed by atoms with E-state index in [1.165, 1.54) is 25.7 Å². The number of amides is 1. The van der Waals surface area contributed by atoms with Gasteiger partial charge in [0.25, 0.3) is 0 Å². The summed E-state index contributed by atoms with van der Waals surface area (Å²) in [6.45, 7) is 3.03. The van der Waals surface area contributed by atoms with Crippen molar-refractivity contribution in [2.45, 2.75) is 45.8 Å². The second kappa shape index (κ2) is 5.95. The van der Waals surface area contributed by atoms with Crippen LogP contribution in [-0.4, -0.2) is 22.3 Å². The van der Waals surface area contributed by atoms with Crippen LogP contribution in [0.3, 0.4) is 0 Å². The van der Waals surface area contributed by atoms with E-state index in [-0.39, 0.29) is 5.91 Å². The second-order valence-electron chi connectivity index (χ2n) is 6.08. The van der Waals surface area contributed by atoms with Crippen molar-refractivity contribution in [1.82, 2.24) is 9.78 Å². The predicted octanol–water partition coefficient (Wildman–Crippen LogP) is 2.64. The third kappa shape index (κ3) is 3.03. The van der Waals surface area contributed by atoms with Crippen LogP contribution >= 0.6 is 0 Å². The van der Waals surface area contributed by atoms with Gasteiger partial charge in [-0.2, -0.15) is 5.10 Å². The van der Waals surface area contributed by atoms with Crippen molar-refractivity contribution in [2.75, 3.05) is 11.9 Å². The number of anilines is 1. The summed E-state index contributed by atoms with van der Waals surface area (Å²) in [5.41, 5.74) is 0.762. The van der Waals surface area contributed by atoms with Gasteiger partial charge >= 0.3 is 0 Å². The molecule has 3 rings (SSSR count). The molecule has 2 bridgehead atoms. The van der Waals surface area contributed by atoms with Crippen LogP contribution in [-0.2, 0) is 16.3 Å². The molecular formula is C15H23N3O2. The maximum absolute atomic E-state index is 12.1. The molecule has 0 radical (unpaired) electrons. The maximum Gasteiger partial charge on any atom is 0.224 e. The van der Waals surface area contributed by atoms with Gasteiger partial charge in [0.1, 0.15) is 6.73 Å². The molecule has 1 aromatic heterocycles. The van der Waals surface area contributed by atoms with Crippen LogP contribution in [0.2, 0.25) is 0 Å². The molecule has 3 atom stereocenters. The van der Waals surface area contributed by atoms with Crippen molar-refractivity contribution in [3.05, 3.63) is 12.4 Å². The van der Waals surface area contributed by atoms with Crippen molar-refractivity contribution in [2.24, 2.45) is 17.8 Å². The molecule has 0 spiro atoms. The normalized spacial score (nSPS) is 27.9. The van der Waals surface area contributed by atoms with E-state index >= 15 is 0 Å². The Morgan fingerprint density at radius 2 is 2.40 bits per heavy atom. The first kappa shape index (κ1) is 13.6. The van der Waals surface area contributed by atoms with Gasteiger partial charge in [-0.15, -0.1) is 0 Å². The van der Waals surface area contributed by atoms with E-state index in [9.17, 15) is 4.79 Å². The Morgan fingerprint density at radius 3 is 3.10 bits per heavy atom. The molecule has 2 fully saturated rings. The molecule has 2 aliphatic carbocycles. The van der Waals surface area contributed by atoms with E-state index in [2.05, 4.69) is 10.4 Å². The van der Waals surface area contributed by atoms with Crippen molar-refractivity contribution >= 4 is 11.6 Å². The lowest BCUT2D eigenvalue weighted by atomic mass is 9.86. The minimum Gasteiger partial charge on any atom is -0.360 e. The van der Waals surface area contributed by atoms with Gasteiger partial charge in [-0.05, 0) is 43.9 Å². The highest BCUT2D eigenvalue weighted by molar-refractivity contribution is 5.90.